The summed E-state index contributed by atoms with van der Waals surface area (Å²) in [5, 5.41) is 0. The van der Waals surface area contributed by atoms with Gasteiger partial charge in [-0.25, -0.2) is 4.39 Å². The zero-order valence-electron chi connectivity index (χ0n) is 14.4. The predicted octanol–water partition coefficient (Wildman–Crippen LogP) is 2.84. The van der Waals surface area contributed by atoms with Crippen LogP contribution >= 0.6 is 11.3 Å². The van der Waals surface area contributed by atoms with Crippen LogP contribution in [0.4, 0.5) is 10.1 Å². The Morgan fingerprint density at radius 1 is 1.27 bits per heavy atom. The molecule has 2 amide bonds. The maximum absolute atomic E-state index is 13.6. The highest BCUT2D eigenvalue weighted by Gasteiger charge is 2.46. The van der Waals surface area contributed by atoms with Gasteiger partial charge in [0.2, 0.25) is 0 Å². The molecular formula is C19H19FN2O3S. The second-order valence-electron chi connectivity index (χ2n) is 6.82. The van der Waals surface area contributed by atoms with Crippen LogP contribution in [0.15, 0.2) is 36.4 Å². The summed E-state index contributed by atoms with van der Waals surface area (Å²) in [6.45, 7) is 3.25. The van der Waals surface area contributed by atoms with Gasteiger partial charge in [0.05, 0.1) is 18.0 Å². The lowest BCUT2D eigenvalue weighted by molar-refractivity contribution is -0.137. The van der Waals surface area contributed by atoms with Crippen molar-refractivity contribution in [1.29, 1.82) is 0 Å². The molecule has 4 rings (SSSR count). The van der Waals surface area contributed by atoms with Gasteiger partial charge in [0, 0.05) is 17.1 Å². The standard InChI is InChI=1S/C19H19FN2O3S/c1-13-5-6-16(26-13)18(24)21-8-7-19(11-21)12-22(17(23)10-25-19)15-4-2-3-14(20)9-15/h2-6,9H,7-8,10-12H2,1H3. The monoisotopic (exact) mass is 374 g/mol. The van der Waals surface area contributed by atoms with E-state index < -0.39 is 5.60 Å². The van der Waals surface area contributed by atoms with Crippen molar-refractivity contribution in [1.82, 2.24) is 4.90 Å². The van der Waals surface area contributed by atoms with Gasteiger partial charge in [-0.3, -0.25) is 9.59 Å². The van der Waals surface area contributed by atoms with Gasteiger partial charge in [0.25, 0.3) is 11.8 Å². The van der Waals surface area contributed by atoms with E-state index in [1.807, 2.05) is 19.1 Å². The maximum Gasteiger partial charge on any atom is 0.264 e. The molecule has 2 fully saturated rings. The van der Waals surface area contributed by atoms with E-state index in [4.69, 9.17) is 4.74 Å². The highest BCUT2D eigenvalue weighted by molar-refractivity contribution is 7.13. The lowest BCUT2D eigenvalue weighted by Crippen LogP contribution is -2.56. The summed E-state index contributed by atoms with van der Waals surface area (Å²) in [6.07, 6.45) is 0.655. The summed E-state index contributed by atoms with van der Waals surface area (Å²) in [5.41, 5.74) is -0.0707. The van der Waals surface area contributed by atoms with E-state index >= 15 is 0 Å². The molecule has 2 aliphatic rings. The molecule has 2 aliphatic heterocycles. The maximum atomic E-state index is 13.6. The Morgan fingerprint density at radius 2 is 2.12 bits per heavy atom. The molecule has 0 N–H and O–H groups in total. The fourth-order valence-corrected chi connectivity index (χ4v) is 4.40. The molecule has 136 valence electrons. The number of benzene rings is 1. The number of morpholine rings is 1. The molecule has 2 saturated heterocycles. The Labute approximate surface area is 155 Å². The van der Waals surface area contributed by atoms with Crippen LogP contribution in [-0.2, 0) is 9.53 Å². The number of carbonyl (C=O) groups is 2. The van der Waals surface area contributed by atoms with Crippen LogP contribution in [0.5, 0.6) is 0 Å². The van der Waals surface area contributed by atoms with Gasteiger partial charge in [-0.05, 0) is 43.7 Å². The number of hydrogen-bond donors (Lipinski definition) is 0. The summed E-state index contributed by atoms with van der Waals surface area (Å²) in [6, 6.07) is 9.78. The van der Waals surface area contributed by atoms with Gasteiger partial charge >= 0.3 is 0 Å². The van der Waals surface area contributed by atoms with Gasteiger partial charge in [-0.1, -0.05) is 6.07 Å². The Morgan fingerprint density at radius 3 is 2.85 bits per heavy atom. The summed E-state index contributed by atoms with van der Waals surface area (Å²) in [5.74, 6) is -0.579. The predicted molar refractivity (Wildman–Crippen MR) is 97.0 cm³/mol. The van der Waals surface area contributed by atoms with Crippen LogP contribution < -0.4 is 4.90 Å². The van der Waals surface area contributed by atoms with Crippen LogP contribution in [0.2, 0.25) is 0 Å². The number of carbonyl (C=O) groups excluding carboxylic acids is 2. The number of likely N-dealkylation sites (tertiary alicyclic amines) is 1. The number of amides is 2. The first-order valence-electron chi connectivity index (χ1n) is 8.51. The topological polar surface area (TPSA) is 49.9 Å². The average Bonchev–Trinajstić information content (AvgIpc) is 3.24. The largest absolute Gasteiger partial charge is 0.361 e. The highest BCUT2D eigenvalue weighted by Crippen LogP contribution is 2.33. The van der Waals surface area contributed by atoms with E-state index in [1.165, 1.54) is 23.5 Å². The smallest absolute Gasteiger partial charge is 0.264 e. The molecule has 2 aromatic rings. The van der Waals surface area contributed by atoms with Crippen LogP contribution in [-0.4, -0.2) is 48.6 Å². The first-order chi connectivity index (χ1) is 12.5. The number of ether oxygens (including phenoxy) is 1. The molecule has 0 aliphatic carbocycles. The molecular weight excluding hydrogens is 355 g/mol. The fourth-order valence-electron chi connectivity index (χ4n) is 3.56. The number of aryl methyl sites for hydroxylation is 1. The molecule has 0 saturated carbocycles. The number of hydrogen-bond acceptors (Lipinski definition) is 4. The second kappa shape index (κ2) is 6.48. The third kappa shape index (κ3) is 3.12. The van der Waals surface area contributed by atoms with Crippen molar-refractivity contribution < 1.29 is 18.7 Å². The summed E-state index contributed by atoms with van der Waals surface area (Å²) in [4.78, 5) is 30.1. The Hall–Kier alpha value is -2.25. The number of thiophene rings is 1. The summed E-state index contributed by atoms with van der Waals surface area (Å²) >= 11 is 1.48. The zero-order chi connectivity index (χ0) is 18.3. The quantitative estimate of drug-likeness (QED) is 0.812. The Bertz CT molecular complexity index is 868. The molecule has 0 radical (unpaired) electrons. The van der Waals surface area contributed by atoms with Crippen LogP contribution in [0, 0.1) is 12.7 Å². The summed E-state index contributed by atoms with van der Waals surface area (Å²) < 4.78 is 19.4. The van der Waals surface area contributed by atoms with Crippen molar-refractivity contribution in [3.05, 3.63) is 52.0 Å². The minimum Gasteiger partial charge on any atom is -0.361 e. The lowest BCUT2D eigenvalue weighted by Gasteiger charge is -2.40. The van der Waals surface area contributed by atoms with E-state index in [0.717, 1.165) is 4.88 Å². The molecule has 3 heterocycles. The fraction of sp³-hybridized carbons (Fsp3) is 0.368. The van der Waals surface area contributed by atoms with E-state index in [0.29, 0.717) is 36.6 Å². The SMILES string of the molecule is Cc1ccc(C(=O)N2CCC3(C2)CN(c2cccc(F)c2)C(=O)CO3)s1. The molecule has 1 atom stereocenters. The molecule has 1 aromatic carbocycles. The number of anilines is 1. The van der Waals surface area contributed by atoms with Crippen molar-refractivity contribution in [2.45, 2.75) is 18.9 Å². The minimum atomic E-state index is -0.595. The van der Waals surface area contributed by atoms with Gasteiger partial charge in [-0.2, -0.15) is 0 Å². The highest BCUT2D eigenvalue weighted by atomic mass is 32.1. The first kappa shape index (κ1) is 17.2. The van der Waals surface area contributed by atoms with Gasteiger partial charge in [-0.15, -0.1) is 11.3 Å². The third-order valence-corrected chi connectivity index (χ3v) is 5.91. The zero-order valence-corrected chi connectivity index (χ0v) is 15.2. The van der Waals surface area contributed by atoms with E-state index in [2.05, 4.69) is 0 Å². The molecule has 26 heavy (non-hydrogen) atoms. The number of halogens is 1. The van der Waals surface area contributed by atoms with Crippen LogP contribution in [0.3, 0.4) is 0 Å². The van der Waals surface area contributed by atoms with E-state index in [1.54, 1.807) is 21.9 Å². The van der Waals surface area contributed by atoms with Crippen LogP contribution in [0.25, 0.3) is 0 Å². The number of nitrogens with zero attached hydrogens (tertiary/aromatic N) is 2. The van der Waals surface area contributed by atoms with Gasteiger partial charge in [0.15, 0.2) is 0 Å². The third-order valence-electron chi connectivity index (χ3n) is 4.92. The van der Waals surface area contributed by atoms with Crippen molar-refractivity contribution in [3.8, 4) is 0 Å². The summed E-state index contributed by atoms with van der Waals surface area (Å²) in [7, 11) is 0. The van der Waals surface area contributed by atoms with Crippen LogP contribution in [0.1, 0.15) is 21.0 Å². The Balaban J connectivity index is 1.52. The minimum absolute atomic E-state index is 0.00206. The first-order valence-corrected chi connectivity index (χ1v) is 9.33. The molecule has 1 aromatic heterocycles. The molecule has 0 bridgehead atoms. The van der Waals surface area contributed by atoms with E-state index in [-0.39, 0.29) is 24.2 Å². The van der Waals surface area contributed by atoms with Gasteiger partial charge < -0.3 is 14.5 Å². The van der Waals surface area contributed by atoms with Crippen molar-refractivity contribution in [2.75, 3.05) is 31.1 Å². The van der Waals surface area contributed by atoms with E-state index in [9.17, 15) is 14.0 Å². The van der Waals surface area contributed by atoms with Gasteiger partial charge in [0.1, 0.15) is 18.0 Å². The molecule has 1 unspecified atom stereocenters. The van der Waals surface area contributed by atoms with Crippen molar-refractivity contribution in [2.24, 2.45) is 0 Å². The molecule has 1 spiro atoms. The lowest BCUT2D eigenvalue weighted by atomic mass is 10.00. The second-order valence-corrected chi connectivity index (χ2v) is 8.11. The normalized spacial score (nSPS) is 23.1. The Kier molecular flexibility index (Phi) is 4.28. The number of rotatable bonds is 2. The molecule has 5 nitrogen and oxygen atoms in total. The van der Waals surface area contributed by atoms with Crippen molar-refractivity contribution in [3.63, 3.8) is 0 Å². The van der Waals surface area contributed by atoms with Crippen molar-refractivity contribution >= 4 is 28.8 Å². The molecule has 7 heteroatoms. The average molecular weight is 374 g/mol.